The van der Waals surface area contributed by atoms with E-state index in [4.69, 9.17) is 0 Å². The Hall–Kier alpha value is -3.41. The molecule has 1 aliphatic rings. The molecule has 3 amide bonds. The molecule has 2 N–H and O–H groups in total. The van der Waals surface area contributed by atoms with E-state index in [-0.39, 0.29) is 18.0 Å². The van der Waals surface area contributed by atoms with E-state index in [9.17, 15) is 9.59 Å². The van der Waals surface area contributed by atoms with Crippen molar-refractivity contribution >= 4 is 28.5 Å². The average molecular weight is 417 g/mol. The number of para-hydroxylation sites is 2. The van der Waals surface area contributed by atoms with E-state index in [0.717, 1.165) is 46.3 Å². The highest BCUT2D eigenvalue weighted by molar-refractivity contribution is 5.89. The Balaban J connectivity index is 1.31. The van der Waals surface area contributed by atoms with Gasteiger partial charge >= 0.3 is 6.03 Å². The SMILES string of the molecule is Cc1nc2ccccc2c(C)c1CC(=O)NC1CCN(C(=O)Nc2ccccc2)CC1. The van der Waals surface area contributed by atoms with E-state index in [1.165, 1.54) is 0 Å². The largest absolute Gasteiger partial charge is 0.353 e. The van der Waals surface area contributed by atoms with Crippen molar-refractivity contribution in [2.45, 2.75) is 39.2 Å². The Morgan fingerprint density at radius 1 is 1.00 bits per heavy atom. The second kappa shape index (κ2) is 9.16. The van der Waals surface area contributed by atoms with Gasteiger partial charge < -0.3 is 15.5 Å². The van der Waals surface area contributed by atoms with Gasteiger partial charge in [-0.3, -0.25) is 9.78 Å². The number of carbonyl (C=O) groups is 2. The van der Waals surface area contributed by atoms with E-state index < -0.39 is 0 Å². The molecule has 1 saturated heterocycles. The Bertz CT molecular complexity index is 1090. The minimum absolute atomic E-state index is 0.00969. The fourth-order valence-electron chi connectivity index (χ4n) is 4.22. The van der Waals surface area contributed by atoms with Crippen LogP contribution in [0.15, 0.2) is 54.6 Å². The molecule has 0 radical (unpaired) electrons. The minimum Gasteiger partial charge on any atom is -0.353 e. The van der Waals surface area contributed by atoms with E-state index in [0.29, 0.717) is 19.5 Å². The van der Waals surface area contributed by atoms with Gasteiger partial charge in [-0.25, -0.2) is 4.79 Å². The number of rotatable bonds is 4. The third kappa shape index (κ3) is 4.85. The number of hydrogen-bond donors (Lipinski definition) is 2. The molecule has 31 heavy (non-hydrogen) atoms. The summed E-state index contributed by atoms with van der Waals surface area (Å²) in [6.07, 6.45) is 1.83. The number of piperidine rings is 1. The van der Waals surface area contributed by atoms with E-state index in [1.54, 1.807) is 4.90 Å². The molecule has 0 unspecified atom stereocenters. The first-order valence-corrected chi connectivity index (χ1v) is 10.8. The highest BCUT2D eigenvalue weighted by Crippen LogP contribution is 2.23. The van der Waals surface area contributed by atoms with Crippen molar-refractivity contribution in [1.82, 2.24) is 15.2 Å². The predicted octanol–water partition coefficient (Wildman–Crippen LogP) is 4.21. The molecule has 0 bridgehead atoms. The molecule has 6 heteroatoms. The molecule has 1 aromatic heterocycles. The summed E-state index contributed by atoms with van der Waals surface area (Å²) in [5, 5.41) is 7.16. The van der Waals surface area contributed by atoms with Crippen LogP contribution in [0, 0.1) is 13.8 Å². The molecule has 2 aromatic carbocycles. The lowest BCUT2D eigenvalue weighted by Crippen LogP contribution is -2.48. The maximum atomic E-state index is 12.7. The van der Waals surface area contributed by atoms with Gasteiger partial charge in [-0.2, -0.15) is 0 Å². The number of nitrogens with zero attached hydrogens (tertiary/aromatic N) is 2. The molecule has 3 aromatic rings. The standard InChI is InChI=1S/C25H28N4O2/c1-17-21-10-6-7-11-23(21)26-18(2)22(17)16-24(30)27-20-12-14-29(15-13-20)25(31)28-19-8-4-3-5-9-19/h3-11,20H,12-16H2,1-2H3,(H,27,30)(H,28,31). The zero-order valence-electron chi connectivity index (χ0n) is 18.0. The van der Waals surface area contributed by atoms with Crippen molar-refractivity contribution < 1.29 is 9.59 Å². The predicted molar refractivity (Wildman–Crippen MR) is 123 cm³/mol. The molecule has 0 atom stereocenters. The summed E-state index contributed by atoms with van der Waals surface area (Å²) in [4.78, 5) is 31.7. The van der Waals surface area contributed by atoms with Crippen LogP contribution in [0.2, 0.25) is 0 Å². The van der Waals surface area contributed by atoms with Crippen LogP contribution in [0.4, 0.5) is 10.5 Å². The molecule has 0 saturated carbocycles. The van der Waals surface area contributed by atoms with Gasteiger partial charge in [0.2, 0.25) is 5.91 Å². The van der Waals surface area contributed by atoms with Gasteiger partial charge in [0.1, 0.15) is 0 Å². The van der Waals surface area contributed by atoms with Crippen LogP contribution in [0.1, 0.15) is 29.7 Å². The van der Waals surface area contributed by atoms with E-state index >= 15 is 0 Å². The number of aryl methyl sites for hydroxylation is 2. The van der Waals surface area contributed by atoms with Crippen LogP contribution < -0.4 is 10.6 Å². The lowest BCUT2D eigenvalue weighted by Gasteiger charge is -2.32. The first kappa shape index (κ1) is 20.8. The summed E-state index contributed by atoms with van der Waals surface area (Å²) in [6, 6.07) is 17.5. The first-order valence-electron chi connectivity index (χ1n) is 10.8. The monoisotopic (exact) mass is 416 g/mol. The zero-order valence-corrected chi connectivity index (χ0v) is 18.0. The van der Waals surface area contributed by atoms with Crippen molar-refractivity contribution in [2.75, 3.05) is 18.4 Å². The number of aromatic nitrogens is 1. The average Bonchev–Trinajstić information content (AvgIpc) is 2.78. The second-order valence-corrected chi connectivity index (χ2v) is 8.12. The zero-order chi connectivity index (χ0) is 21.8. The van der Waals surface area contributed by atoms with Gasteiger partial charge in [0.25, 0.3) is 0 Å². The van der Waals surface area contributed by atoms with E-state index in [1.807, 2.05) is 55.5 Å². The molecule has 2 heterocycles. The second-order valence-electron chi connectivity index (χ2n) is 8.12. The first-order chi connectivity index (χ1) is 15.0. The molecule has 160 valence electrons. The number of amides is 3. The minimum atomic E-state index is -0.0931. The van der Waals surface area contributed by atoms with Crippen LogP contribution in [0.25, 0.3) is 10.9 Å². The lowest BCUT2D eigenvalue weighted by molar-refractivity contribution is -0.121. The highest BCUT2D eigenvalue weighted by atomic mass is 16.2. The quantitative estimate of drug-likeness (QED) is 0.669. The van der Waals surface area contributed by atoms with Crippen LogP contribution in [-0.2, 0) is 11.2 Å². The van der Waals surface area contributed by atoms with Crippen molar-refractivity contribution in [3.63, 3.8) is 0 Å². The summed E-state index contributed by atoms with van der Waals surface area (Å²) < 4.78 is 0. The molecule has 0 aliphatic carbocycles. The Kier molecular flexibility index (Phi) is 6.16. The number of nitrogens with one attached hydrogen (secondary N) is 2. The van der Waals surface area contributed by atoms with Crippen LogP contribution >= 0.6 is 0 Å². The number of hydrogen-bond acceptors (Lipinski definition) is 3. The summed E-state index contributed by atoms with van der Waals surface area (Å²) in [5.74, 6) is 0.00969. The topological polar surface area (TPSA) is 74.3 Å². The smallest absolute Gasteiger partial charge is 0.321 e. The maximum Gasteiger partial charge on any atom is 0.321 e. The van der Waals surface area contributed by atoms with Gasteiger partial charge in [-0.1, -0.05) is 36.4 Å². The van der Waals surface area contributed by atoms with Crippen molar-refractivity contribution in [3.8, 4) is 0 Å². The Morgan fingerprint density at radius 3 is 2.42 bits per heavy atom. The van der Waals surface area contributed by atoms with Crippen molar-refractivity contribution in [2.24, 2.45) is 0 Å². The van der Waals surface area contributed by atoms with Gasteiger partial charge in [0.15, 0.2) is 0 Å². The molecule has 4 rings (SSSR count). The molecule has 0 spiro atoms. The number of benzene rings is 2. The Labute approximate surface area is 182 Å². The molecular weight excluding hydrogens is 388 g/mol. The third-order valence-electron chi connectivity index (χ3n) is 6.00. The van der Waals surface area contributed by atoms with Crippen molar-refractivity contribution in [1.29, 1.82) is 0 Å². The molecule has 6 nitrogen and oxygen atoms in total. The number of carbonyl (C=O) groups excluding carboxylic acids is 2. The number of pyridine rings is 1. The van der Waals surface area contributed by atoms with Gasteiger partial charge in [-0.05, 0) is 56.0 Å². The lowest BCUT2D eigenvalue weighted by atomic mass is 9.98. The van der Waals surface area contributed by atoms with Gasteiger partial charge in [0.05, 0.1) is 11.9 Å². The normalized spacial score (nSPS) is 14.5. The third-order valence-corrected chi connectivity index (χ3v) is 6.00. The summed E-state index contributed by atoms with van der Waals surface area (Å²) in [5.41, 5.74) is 4.76. The molecular formula is C25H28N4O2. The van der Waals surface area contributed by atoms with Crippen molar-refractivity contribution in [3.05, 3.63) is 71.4 Å². The number of urea groups is 1. The molecule has 1 aliphatic heterocycles. The van der Waals surface area contributed by atoms with Crippen LogP contribution in [-0.4, -0.2) is 41.0 Å². The summed E-state index contributed by atoms with van der Waals surface area (Å²) in [6.45, 7) is 5.27. The number of likely N-dealkylation sites (tertiary alicyclic amines) is 1. The number of anilines is 1. The Morgan fingerprint density at radius 2 is 1.68 bits per heavy atom. The molecule has 1 fully saturated rings. The van der Waals surface area contributed by atoms with Gasteiger partial charge in [-0.15, -0.1) is 0 Å². The summed E-state index contributed by atoms with van der Waals surface area (Å²) >= 11 is 0. The maximum absolute atomic E-state index is 12.7. The highest BCUT2D eigenvalue weighted by Gasteiger charge is 2.24. The fraction of sp³-hybridized carbons (Fsp3) is 0.320. The van der Waals surface area contributed by atoms with Gasteiger partial charge in [0, 0.05) is 35.9 Å². The number of fused-ring (bicyclic) bond motifs is 1. The fourth-order valence-corrected chi connectivity index (χ4v) is 4.22. The summed E-state index contributed by atoms with van der Waals surface area (Å²) in [7, 11) is 0. The van der Waals surface area contributed by atoms with Crippen LogP contribution in [0.3, 0.4) is 0 Å². The van der Waals surface area contributed by atoms with Crippen LogP contribution in [0.5, 0.6) is 0 Å². The van der Waals surface area contributed by atoms with E-state index in [2.05, 4.69) is 28.6 Å².